The fraction of sp³-hybridized carbons (Fsp3) is 0.550. The Morgan fingerprint density at radius 2 is 1.55 bits per heavy atom. The topological polar surface area (TPSA) is 26.3 Å². The second-order valence-electron chi connectivity index (χ2n) is 5.62. The Balaban J connectivity index is 2.53. The van der Waals surface area contributed by atoms with Gasteiger partial charge in [-0.15, -0.1) is 0 Å². The van der Waals surface area contributed by atoms with Crippen LogP contribution < -0.4 is 0 Å². The second-order valence-corrected chi connectivity index (χ2v) is 5.62. The molecule has 0 aromatic carbocycles. The molecule has 0 radical (unpaired) electrons. The van der Waals surface area contributed by atoms with Crippen molar-refractivity contribution in [1.29, 1.82) is 0 Å². The maximum absolute atomic E-state index is 11.9. The van der Waals surface area contributed by atoms with Crippen molar-refractivity contribution in [2.45, 2.75) is 70.8 Å². The lowest BCUT2D eigenvalue weighted by Gasteiger charge is -2.15. The molecule has 1 unspecified atom stereocenters. The van der Waals surface area contributed by atoms with Crippen LogP contribution in [-0.2, 0) is 9.53 Å². The summed E-state index contributed by atoms with van der Waals surface area (Å²) in [4.78, 5) is 11.9. The van der Waals surface area contributed by atoms with E-state index >= 15 is 0 Å². The van der Waals surface area contributed by atoms with E-state index < -0.39 is 0 Å². The SMILES string of the molecule is CCCC1CC=CCC=CCC=CCC=CCCCC(=O)O1. The van der Waals surface area contributed by atoms with Crippen LogP contribution in [-0.4, -0.2) is 12.1 Å². The number of hydrogen-bond acceptors (Lipinski definition) is 2. The molecule has 122 valence electrons. The van der Waals surface area contributed by atoms with E-state index in [1.165, 1.54) is 0 Å². The summed E-state index contributed by atoms with van der Waals surface area (Å²) in [5, 5.41) is 0. The highest BCUT2D eigenvalue weighted by Crippen LogP contribution is 2.11. The number of rotatable bonds is 2. The highest BCUT2D eigenvalue weighted by atomic mass is 16.5. The zero-order chi connectivity index (χ0) is 15.9. The van der Waals surface area contributed by atoms with Gasteiger partial charge in [0.1, 0.15) is 6.10 Å². The standard InChI is InChI=1S/C20H30O2/c1-2-16-19-17-14-12-10-8-6-4-3-5-7-9-11-13-15-18-20(21)22-19/h3,5-6,8-9,11-12,14,19H,2,4,7,10,13,15-18H2,1H3. The maximum Gasteiger partial charge on any atom is 0.306 e. The lowest BCUT2D eigenvalue weighted by atomic mass is 10.1. The second kappa shape index (κ2) is 13.1. The fourth-order valence-corrected chi connectivity index (χ4v) is 2.33. The summed E-state index contributed by atoms with van der Waals surface area (Å²) < 4.78 is 5.59. The van der Waals surface area contributed by atoms with E-state index in [4.69, 9.17) is 4.74 Å². The molecule has 0 N–H and O–H groups in total. The molecule has 0 saturated carbocycles. The minimum Gasteiger partial charge on any atom is -0.462 e. The maximum atomic E-state index is 11.9. The Kier molecular flexibility index (Phi) is 11.0. The zero-order valence-electron chi connectivity index (χ0n) is 13.9. The van der Waals surface area contributed by atoms with Gasteiger partial charge in [-0.3, -0.25) is 4.79 Å². The van der Waals surface area contributed by atoms with Crippen molar-refractivity contribution in [1.82, 2.24) is 0 Å². The largest absolute Gasteiger partial charge is 0.462 e. The molecule has 0 aromatic rings. The highest BCUT2D eigenvalue weighted by Gasteiger charge is 2.11. The predicted octanol–water partition coefficient (Wildman–Crippen LogP) is 5.67. The molecular formula is C20H30O2. The van der Waals surface area contributed by atoms with Gasteiger partial charge in [0.15, 0.2) is 0 Å². The minimum absolute atomic E-state index is 0.0371. The van der Waals surface area contributed by atoms with Gasteiger partial charge in [-0.05, 0) is 38.5 Å². The molecule has 1 aliphatic heterocycles. The summed E-state index contributed by atoms with van der Waals surface area (Å²) >= 11 is 0. The molecule has 22 heavy (non-hydrogen) atoms. The lowest BCUT2D eigenvalue weighted by molar-refractivity contribution is -0.149. The van der Waals surface area contributed by atoms with Gasteiger partial charge in [0.2, 0.25) is 0 Å². The van der Waals surface area contributed by atoms with Crippen LogP contribution in [0.1, 0.15) is 64.7 Å². The number of carbonyl (C=O) groups is 1. The summed E-state index contributed by atoms with van der Waals surface area (Å²) in [5.74, 6) is -0.0545. The third-order valence-corrected chi connectivity index (χ3v) is 3.54. The number of esters is 1. The molecule has 1 aliphatic rings. The molecule has 2 heteroatoms. The van der Waals surface area contributed by atoms with Crippen LogP contribution in [0.2, 0.25) is 0 Å². The summed E-state index contributed by atoms with van der Waals surface area (Å²) in [7, 11) is 0. The Hall–Kier alpha value is -1.57. The summed E-state index contributed by atoms with van der Waals surface area (Å²) in [6, 6.07) is 0. The Labute approximate surface area is 135 Å². The van der Waals surface area contributed by atoms with Gasteiger partial charge in [0.25, 0.3) is 0 Å². The summed E-state index contributed by atoms with van der Waals surface area (Å²) in [5.41, 5.74) is 0. The monoisotopic (exact) mass is 302 g/mol. The first-order valence-corrected chi connectivity index (χ1v) is 8.62. The molecule has 0 saturated heterocycles. The van der Waals surface area contributed by atoms with Crippen molar-refractivity contribution in [3.8, 4) is 0 Å². The van der Waals surface area contributed by atoms with Gasteiger partial charge < -0.3 is 4.74 Å². The molecule has 1 rings (SSSR count). The van der Waals surface area contributed by atoms with E-state index in [0.29, 0.717) is 6.42 Å². The van der Waals surface area contributed by atoms with Gasteiger partial charge in [0.05, 0.1) is 0 Å². The zero-order valence-corrected chi connectivity index (χ0v) is 13.9. The van der Waals surface area contributed by atoms with Crippen LogP contribution in [0.4, 0.5) is 0 Å². The first-order chi connectivity index (χ1) is 10.8. The van der Waals surface area contributed by atoms with Crippen molar-refractivity contribution in [2.24, 2.45) is 0 Å². The van der Waals surface area contributed by atoms with Gasteiger partial charge in [-0.1, -0.05) is 62.0 Å². The van der Waals surface area contributed by atoms with Crippen molar-refractivity contribution in [3.05, 3.63) is 48.6 Å². The van der Waals surface area contributed by atoms with Gasteiger partial charge in [-0.2, -0.15) is 0 Å². The van der Waals surface area contributed by atoms with Crippen LogP contribution in [0.15, 0.2) is 48.6 Å². The molecular weight excluding hydrogens is 272 g/mol. The van der Waals surface area contributed by atoms with Gasteiger partial charge in [0, 0.05) is 12.8 Å². The average molecular weight is 302 g/mol. The van der Waals surface area contributed by atoms with Crippen LogP contribution in [0.25, 0.3) is 0 Å². The molecule has 0 aliphatic carbocycles. The van der Waals surface area contributed by atoms with Crippen LogP contribution in [0.5, 0.6) is 0 Å². The summed E-state index contributed by atoms with van der Waals surface area (Å²) in [6.45, 7) is 2.13. The highest BCUT2D eigenvalue weighted by molar-refractivity contribution is 5.69. The number of allylic oxidation sites excluding steroid dienone is 7. The van der Waals surface area contributed by atoms with E-state index in [1.807, 2.05) is 0 Å². The normalized spacial score (nSPS) is 22.0. The average Bonchev–Trinajstić information content (AvgIpc) is 2.50. The number of hydrogen-bond donors (Lipinski definition) is 0. The smallest absolute Gasteiger partial charge is 0.306 e. The molecule has 0 aromatic heterocycles. The predicted molar refractivity (Wildman–Crippen MR) is 93.7 cm³/mol. The van der Waals surface area contributed by atoms with Crippen LogP contribution in [0.3, 0.4) is 0 Å². The van der Waals surface area contributed by atoms with Crippen molar-refractivity contribution in [3.63, 3.8) is 0 Å². The minimum atomic E-state index is -0.0545. The molecule has 1 heterocycles. The Morgan fingerprint density at radius 1 is 0.955 bits per heavy atom. The third-order valence-electron chi connectivity index (χ3n) is 3.54. The van der Waals surface area contributed by atoms with Gasteiger partial charge >= 0.3 is 5.97 Å². The van der Waals surface area contributed by atoms with Crippen molar-refractivity contribution in [2.75, 3.05) is 0 Å². The van der Waals surface area contributed by atoms with E-state index in [1.54, 1.807) is 0 Å². The first kappa shape index (κ1) is 18.5. The molecule has 0 bridgehead atoms. The van der Waals surface area contributed by atoms with Crippen molar-refractivity contribution < 1.29 is 9.53 Å². The summed E-state index contributed by atoms with van der Waals surface area (Å²) in [6.07, 6.45) is 25.5. The van der Waals surface area contributed by atoms with E-state index in [9.17, 15) is 4.79 Å². The molecule has 2 nitrogen and oxygen atoms in total. The van der Waals surface area contributed by atoms with E-state index in [0.717, 1.165) is 51.4 Å². The van der Waals surface area contributed by atoms with Crippen LogP contribution >= 0.6 is 0 Å². The lowest BCUT2D eigenvalue weighted by Crippen LogP contribution is -2.17. The van der Waals surface area contributed by atoms with E-state index in [2.05, 4.69) is 55.5 Å². The third kappa shape index (κ3) is 10.2. The fourth-order valence-electron chi connectivity index (χ4n) is 2.33. The van der Waals surface area contributed by atoms with Crippen LogP contribution in [0, 0.1) is 0 Å². The number of ether oxygens (including phenoxy) is 1. The number of carbonyl (C=O) groups excluding carboxylic acids is 1. The molecule has 0 spiro atoms. The van der Waals surface area contributed by atoms with Gasteiger partial charge in [-0.25, -0.2) is 0 Å². The molecule has 0 fully saturated rings. The molecule has 0 amide bonds. The van der Waals surface area contributed by atoms with Crippen molar-refractivity contribution >= 4 is 5.97 Å². The Morgan fingerprint density at radius 3 is 2.18 bits per heavy atom. The molecule has 1 atom stereocenters. The Bertz CT molecular complexity index is 402. The van der Waals surface area contributed by atoms with E-state index in [-0.39, 0.29) is 12.1 Å². The number of cyclic esters (lactones) is 1. The quantitative estimate of drug-likeness (QED) is 0.485. The first-order valence-electron chi connectivity index (χ1n) is 8.62.